The average Bonchev–Trinajstić information content (AvgIpc) is 3.33. The first-order valence-corrected chi connectivity index (χ1v) is 15.4. The fourth-order valence-corrected chi connectivity index (χ4v) is 6.70. The van der Waals surface area contributed by atoms with Crippen LogP contribution in [0.2, 0.25) is 18.1 Å². The van der Waals surface area contributed by atoms with Gasteiger partial charge in [0, 0.05) is 30.9 Å². The van der Waals surface area contributed by atoms with Crippen LogP contribution < -0.4 is 0 Å². The van der Waals surface area contributed by atoms with Gasteiger partial charge in [-0.15, -0.1) is 0 Å². The quantitative estimate of drug-likeness (QED) is 0.218. The molecule has 2 aliphatic rings. The second-order valence-electron chi connectivity index (χ2n) is 11.9. The molecule has 0 saturated carbocycles. The summed E-state index contributed by atoms with van der Waals surface area (Å²) in [5.74, 6) is -0.450. The fraction of sp³-hybridized carbons (Fsp3) is 0.481. The van der Waals surface area contributed by atoms with Crippen LogP contribution in [0.1, 0.15) is 51.7 Å². The van der Waals surface area contributed by atoms with E-state index in [-0.39, 0.29) is 28.9 Å². The predicted octanol–water partition coefficient (Wildman–Crippen LogP) is 5.57. The third-order valence-corrected chi connectivity index (χ3v) is 13.3. The zero-order chi connectivity index (χ0) is 27.1. The minimum absolute atomic E-state index is 0.0246. The van der Waals surface area contributed by atoms with E-state index in [2.05, 4.69) is 33.9 Å². The molecule has 3 heterocycles. The van der Waals surface area contributed by atoms with Crippen molar-refractivity contribution in [3.8, 4) is 17.4 Å². The van der Waals surface area contributed by atoms with Gasteiger partial charge in [-0.2, -0.15) is 0 Å². The number of aliphatic hydroxyl groups is 1. The van der Waals surface area contributed by atoms with Crippen molar-refractivity contribution in [2.24, 2.45) is 0 Å². The highest BCUT2D eigenvalue weighted by Gasteiger charge is 2.66. The van der Waals surface area contributed by atoms with E-state index < -0.39 is 30.5 Å². The van der Waals surface area contributed by atoms with Crippen molar-refractivity contribution < 1.29 is 29.4 Å². The first-order chi connectivity index (χ1) is 17.1. The van der Waals surface area contributed by atoms with E-state index in [0.29, 0.717) is 40.6 Å². The Kier molecular flexibility index (Phi) is 5.59. The Bertz CT molecular complexity index is 1430. The molecule has 1 fully saturated rings. The van der Waals surface area contributed by atoms with Gasteiger partial charge in [0.15, 0.2) is 8.32 Å². The van der Waals surface area contributed by atoms with E-state index in [1.807, 2.05) is 0 Å². The number of aliphatic hydroxyl groups excluding tert-OH is 1. The molecule has 1 unspecified atom stereocenters. The number of aromatic hydroxyl groups is 2. The topological polar surface area (TPSA) is 127 Å². The molecule has 0 spiro atoms. The minimum atomic E-state index is -2.04. The Labute approximate surface area is 216 Å². The molecule has 9 nitrogen and oxygen atoms in total. The van der Waals surface area contributed by atoms with Gasteiger partial charge in [0.2, 0.25) is 11.8 Å². The van der Waals surface area contributed by atoms with Crippen molar-refractivity contribution in [2.75, 3.05) is 6.61 Å². The van der Waals surface area contributed by atoms with Crippen molar-refractivity contribution in [1.29, 1.82) is 0 Å². The number of nitro benzene ring substituents is 1. The van der Waals surface area contributed by atoms with Crippen molar-refractivity contribution in [2.45, 2.75) is 76.0 Å². The maximum absolute atomic E-state index is 11.6. The van der Waals surface area contributed by atoms with Gasteiger partial charge in [0.1, 0.15) is 11.2 Å². The Balaban J connectivity index is 1.63. The number of aromatic nitrogens is 1. The summed E-state index contributed by atoms with van der Waals surface area (Å²) < 4.78 is 14.1. The fourth-order valence-electron chi connectivity index (χ4n) is 5.66. The standard InChI is InChI=1S/C27H34N2O7Si/c1-25(2,3)37(5,6)35-14-13-27-15-20(30)26(4,36-27)21-22(27)24(32)28(23(21)31)18-11-12-19(29(33)34)17-10-8-7-9-16(17)18/h7-12,20,30-32H,13-15H2,1-6H3/t20?,26-,27+/m0/s1. The lowest BCUT2D eigenvalue weighted by Gasteiger charge is -2.37. The maximum Gasteiger partial charge on any atom is 0.277 e. The number of nitro groups is 1. The Morgan fingerprint density at radius 1 is 1.14 bits per heavy atom. The molecule has 0 amide bonds. The van der Waals surface area contributed by atoms with Crippen molar-refractivity contribution in [3.63, 3.8) is 0 Å². The molecule has 1 aromatic heterocycles. The second kappa shape index (κ2) is 8.04. The molecular formula is C27H34N2O7Si. The van der Waals surface area contributed by atoms with Crippen LogP contribution in [0.4, 0.5) is 5.69 Å². The van der Waals surface area contributed by atoms with Gasteiger partial charge in [-0.3, -0.25) is 14.7 Å². The third-order valence-electron chi connectivity index (χ3n) is 8.73. The van der Waals surface area contributed by atoms with Gasteiger partial charge in [0.05, 0.1) is 33.2 Å². The summed E-state index contributed by atoms with van der Waals surface area (Å²) >= 11 is 0. The van der Waals surface area contributed by atoms with Gasteiger partial charge in [-0.25, -0.2) is 0 Å². The van der Waals surface area contributed by atoms with Crippen LogP contribution in [0.5, 0.6) is 11.8 Å². The molecular weight excluding hydrogens is 492 g/mol. The summed E-state index contributed by atoms with van der Waals surface area (Å²) in [6.45, 7) is 12.9. The number of hydrogen-bond acceptors (Lipinski definition) is 7. The van der Waals surface area contributed by atoms with Crippen LogP contribution in [0.25, 0.3) is 16.5 Å². The van der Waals surface area contributed by atoms with Gasteiger partial charge in [-0.05, 0) is 37.2 Å². The Morgan fingerprint density at radius 2 is 1.76 bits per heavy atom. The first kappa shape index (κ1) is 25.7. The summed E-state index contributed by atoms with van der Waals surface area (Å²) in [6.07, 6.45) is -0.227. The van der Waals surface area contributed by atoms with E-state index >= 15 is 0 Å². The van der Waals surface area contributed by atoms with Gasteiger partial charge >= 0.3 is 0 Å². The SMILES string of the molecule is CC(C)(C)[Si](C)(C)OCC[C@]12CC(O)[C@](C)(O1)c1c2c(O)n(-c2ccc([N+](=O)[O-])c3ccccc23)c1O. The number of nitrogens with zero attached hydrogens (tertiary/aromatic N) is 2. The molecule has 3 atom stereocenters. The number of benzene rings is 2. The first-order valence-electron chi connectivity index (χ1n) is 12.5. The van der Waals surface area contributed by atoms with E-state index in [1.165, 1.54) is 16.7 Å². The number of fused-ring (bicyclic) bond motifs is 6. The van der Waals surface area contributed by atoms with Crippen molar-refractivity contribution in [3.05, 3.63) is 57.6 Å². The lowest BCUT2D eigenvalue weighted by Crippen LogP contribution is -2.42. The molecule has 37 heavy (non-hydrogen) atoms. The molecule has 198 valence electrons. The molecule has 2 bridgehead atoms. The lowest BCUT2D eigenvalue weighted by atomic mass is 9.76. The summed E-state index contributed by atoms with van der Waals surface area (Å²) in [5, 5.41) is 46.6. The van der Waals surface area contributed by atoms with Crippen molar-refractivity contribution >= 4 is 24.8 Å². The Hall–Kier alpha value is -2.92. The molecule has 5 rings (SSSR count). The summed E-state index contributed by atoms with van der Waals surface area (Å²) in [5.41, 5.74) is -1.12. The van der Waals surface area contributed by atoms with Gasteiger partial charge in [0.25, 0.3) is 5.69 Å². The molecule has 3 aromatic rings. The summed E-state index contributed by atoms with van der Waals surface area (Å²) in [4.78, 5) is 11.2. The monoisotopic (exact) mass is 526 g/mol. The molecule has 2 aliphatic heterocycles. The highest BCUT2D eigenvalue weighted by molar-refractivity contribution is 6.74. The molecule has 1 saturated heterocycles. The van der Waals surface area contributed by atoms with E-state index in [4.69, 9.17) is 9.16 Å². The normalized spacial score (nSPS) is 25.1. The average molecular weight is 527 g/mol. The molecule has 2 aromatic carbocycles. The molecule has 3 N–H and O–H groups in total. The molecule has 0 aliphatic carbocycles. The van der Waals surface area contributed by atoms with Crippen LogP contribution in [0, 0.1) is 10.1 Å². The highest BCUT2D eigenvalue weighted by atomic mass is 28.4. The van der Waals surface area contributed by atoms with Crippen LogP contribution in [-0.4, -0.2) is 45.8 Å². The zero-order valence-electron chi connectivity index (χ0n) is 22.0. The maximum atomic E-state index is 11.6. The smallest absolute Gasteiger partial charge is 0.277 e. The number of ether oxygens (including phenoxy) is 1. The van der Waals surface area contributed by atoms with E-state index in [9.17, 15) is 25.4 Å². The van der Waals surface area contributed by atoms with Crippen molar-refractivity contribution in [1.82, 2.24) is 4.57 Å². The number of rotatable bonds is 6. The van der Waals surface area contributed by atoms with Gasteiger partial charge in [-0.1, -0.05) is 39.0 Å². The van der Waals surface area contributed by atoms with Crippen LogP contribution in [-0.2, 0) is 20.4 Å². The van der Waals surface area contributed by atoms with E-state index in [1.54, 1.807) is 31.2 Å². The zero-order valence-corrected chi connectivity index (χ0v) is 23.0. The van der Waals surface area contributed by atoms with Crippen LogP contribution in [0.15, 0.2) is 36.4 Å². The number of hydrogen-bond donors (Lipinski definition) is 3. The lowest BCUT2D eigenvalue weighted by molar-refractivity contribution is -0.383. The minimum Gasteiger partial charge on any atom is -0.494 e. The second-order valence-corrected chi connectivity index (χ2v) is 16.7. The highest BCUT2D eigenvalue weighted by Crippen LogP contribution is 2.65. The Morgan fingerprint density at radius 3 is 2.38 bits per heavy atom. The third kappa shape index (κ3) is 3.53. The number of non-ortho nitro benzene ring substituents is 1. The molecule has 0 radical (unpaired) electrons. The largest absolute Gasteiger partial charge is 0.494 e. The summed E-state index contributed by atoms with van der Waals surface area (Å²) in [7, 11) is -2.04. The van der Waals surface area contributed by atoms with Crippen LogP contribution >= 0.6 is 0 Å². The predicted molar refractivity (Wildman–Crippen MR) is 142 cm³/mol. The van der Waals surface area contributed by atoms with Gasteiger partial charge < -0.3 is 24.5 Å². The molecule has 10 heteroatoms. The van der Waals surface area contributed by atoms with E-state index in [0.717, 1.165) is 0 Å². The van der Waals surface area contributed by atoms with Crippen LogP contribution in [0.3, 0.4) is 0 Å². The summed E-state index contributed by atoms with van der Waals surface area (Å²) in [6, 6.07) is 9.69.